The molecule has 0 spiro atoms. The Morgan fingerprint density at radius 3 is 2.00 bits per heavy atom. The smallest absolute Gasteiger partial charge is 0.343 e. The van der Waals surface area contributed by atoms with Gasteiger partial charge < -0.3 is 9.47 Å². The van der Waals surface area contributed by atoms with Crippen LogP contribution in [-0.4, -0.2) is 12.6 Å². The Labute approximate surface area is 200 Å². The molecule has 0 heterocycles. The number of rotatable bonds is 10. The van der Waals surface area contributed by atoms with Crippen LogP contribution in [0.4, 0.5) is 17.6 Å². The highest BCUT2D eigenvalue weighted by molar-refractivity contribution is 5.91. The number of benzene rings is 3. The summed E-state index contributed by atoms with van der Waals surface area (Å²) in [5.74, 6) is -8.05. The summed E-state index contributed by atoms with van der Waals surface area (Å²) in [6, 6.07) is 12.5. The van der Waals surface area contributed by atoms with Crippen molar-refractivity contribution in [1.29, 1.82) is 5.26 Å². The third-order valence-corrected chi connectivity index (χ3v) is 5.32. The molecule has 3 rings (SSSR count). The van der Waals surface area contributed by atoms with E-state index in [9.17, 15) is 22.4 Å². The van der Waals surface area contributed by atoms with Gasteiger partial charge in [0.2, 0.25) is 11.6 Å². The Hall–Kier alpha value is -3.86. The SMILES string of the molecule is CCCCCCCOc1c(F)c(F)c(-c2ccc(C(=O)Oc3ccc(C#N)cc3)cc2)c(F)c1F. The number of nitriles is 1. The lowest BCUT2D eigenvalue weighted by atomic mass is 10.0. The fourth-order valence-electron chi connectivity index (χ4n) is 3.41. The molecule has 0 aliphatic carbocycles. The number of carbonyl (C=O) groups is 1. The van der Waals surface area contributed by atoms with Crippen LogP contribution in [0.5, 0.6) is 11.5 Å². The Kier molecular flexibility index (Phi) is 8.85. The first-order valence-corrected chi connectivity index (χ1v) is 11.2. The van der Waals surface area contributed by atoms with E-state index in [2.05, 4.69) is 0 Å². The van der Waals surface area contributed by atoms with Gasteiger partial charge in [-0.25, -0.2) is 13.6 Å². The van der Waals surface area contributed by atoms with Gasteiger partial charge in [-0.15, -0.1) is 0 Å². The van der Waals surface area contributed by atoms with Crippen molar-refractivity contribution in [3.63, 3.8) is 0 Å². The van der Waals surface area contributed by atoms with E-state index < -0.39 is 40.6 Å². The first-order chi connectivity index (χ1) is 16.9. The maximum absolute atomic E-state index is 14.7. The van der Waals surface area contributed by atoms with E-state index in [1.165, 1.54) is 36.4 Å². The molecule has 3 aromatic rings. The monoisotopic (exact) mass is 485 g/mol. The zero-order valence-electron chi connectivity index (χ0n) is 19.0. The number of halogens is 4. The third kappa shape index (κ3) is 6.18. The summed E-state index contributed by atoms with van der Waals surface area (Å²) in [6.45, 7) is 1.98. The zero-order chi connectivity index (χ0) is 25.4. The van der Waals surface area contributed by atoms with Crippen LogP contribution in [-0.2, 0) is 0 Å². The number of hydrogen-bond donors (Lipinski definition) is 0. The van der Waals surface area contributed by atoms with Gasteiger partial charge >= 0.3 is 5.97 Å². The molecule has 0 saturated heterocycles. The minimum Gasteiger partial charge on any atom is -0.487 e. The van der Waals surface area contributed by atoms with Crippen molar-refractivity contribution in [1.82, 2.24) is 0 Å². The number of hydrogen-bond acceptors (Lipinski definition) is 4. The van der Waals surface area contributed by atoms with Gasteiger partial charge in [-0.3, -0.25) is 0 Å². The predicted molar refractivity (Wildman–Crippen MR) is 122 cm³/mol. The first-order valence-electron chi connectivity index (χ1n) is 11.2. The minimum atomic E-state index is -1.61. The van der Waals surface area contributed by atoms with Crippen molar-refractivity contribution in [3.05, 3.63) is 82.9 Å². The molecule has 0 radical (unpaired) electrons. The van der Waals surface area contributed by atoms with Crippen molar-refractivity contribution in [3.8, 4) is 28.7 Å². The molecule has 0 aliphatic rings. The molecular weight excluding hydrogens is 462 g/mol. The van der Waals surface area contributed by atoms with E-state index in [4.69, 9.17) is 14.7 Å². The second-order valence-corrected chi connectivity index (χ2v) is 7.83. The maximum Gasteiger partial charge on any atom is 0.343 e. The van der Waals surface area contributed by atoms with E-state index >= 15 is 0 Å². The van der Waals surface area contributed by atoms with Crippen LogP contribution in [0.1, 0.15) is 54.9 Å². The van der Waals surface area contributed by atoms with Gasteiger partial charge in [0, 0.05) is 0 Å². The summed E-state index contributed by atoms with van der Waals surface area (Å²) in [5.41, 5.74) is -0.634. The van der Waals surface area contributed by atoms with Gasteiger partial charge in [-0.05, 0) is 48.4 Å². The van der Waals surface area contributed by atoms with E-state index in [1.54, 1.807) is 0 Å². The molecular formula is C27H23F4NO3. The quantitative estimate of drug-likeness (QED) is 0.0990. The average molecular weight is 485 g/mol. The van der Waals surface area contributed by atoms with E-state index in [0.717, 1.165) is 37.8 Å². The summed E-state index contributed by atoms with van der Waals surface area (Å²) in [5, 5.41) is 8.81. The third-order valence-electron chi connectivity index (χ3n) is 5.32. The highest BCUT2D eigenvalue weighted by Crippen LogP contribution is 2.36. The molecule has 0 amide bonds. The summed E-state index contributed by atoms with van der Waals surface area (Å²) >= 11 is 0. The molecule has 182 valence electrons. The molecule has 3 aromatic carbocycles. The van der Waals surface area contributed by atoms with Gasteiger partial charge in [0.25, 0.3) is 0 Å². The molecule has 0 atom stereocenters. The highest BCUT2D eigenvalue weighted by atomic mass is 19.2. The largest absolute Gasteiger partial charge is 0.487 e. The molecule has 0 aliphatic heterocycles. The van der Waals surface area contributed by atoms with Crippen LogP contribution in [0, 0.1) is 34.6 Å². The Balaban J connectivity index is 1.75. The molecule has 8 heteroatoms. The number of unbranched alkanes of at least 4 members (excludes halogenated alkanes) is 4. The van der Waals surface area contributed by atoms with E-state index in [-0.39, 0.29) is 23.5 Å². The van der Waals surface area contributed by atoms with E-state index in [1.807, 2.05) is 13.0 Å². The summed E-state index contributed by atoms with van der Waals surface area (Å²) in [7, 11) is 0. The average Bonchev–Trinajstić information content (AvgIpc) is 2.87. The van der Waals surface area contributed by atoms with Crippen molar-refractivity contribution in [2.24, 2.45) is 0 Å². The lowest BCUT2D eigenvalue weighted by Gasteiger charge is -2.13. The van der Waals surface area contributed by atoms with Gasteiger partial charge in [0.1, 0.15) is 5.75 Å². The van der Waals surface area contributed by atoms with Crippen LogP contribution in [0.15, 0.2) is 48.5 Å². The first kappa shape index (κ1) is 25.8. The highest BCUT2D eigenvalue weighted by Gasteiger charge is 2.27. The fraction of sp³-hybridized carbons (Fsp3) is 0.259. The summed E-state index contributed by atoms with van der Waals surface area (Å²) < 4.78 is 68.6. The van der Waals surface area contributed by atoms with E-state index in [0.29, 0.717) is 12.0 Å². The molecule has 0 fully saturated rings. The molecule has 4 nitrogen and oxygen atoms in total. The number of carbonyl (C=O) groups excluding carboxylic acids is 1. The lowest BCUT2D eigenvalue weighted by molar-refractivity contribution is 0.0734. The fourth-order valence-corrected chi connectivity index (χ4v) is 3.41. The number of esters is 1. The topological polar surface area (TPSA) is 59.3 Å². The number of nitrogens with zero attached hydrogens (tertiary/aromatic N) is 1. The van der Waals surface area contributed by atoms with Crippen LogP contribution >= 0.6 is 0 Å². The molecule has 0 bridgehead atoms. The predicted octanol–water partition coefficient (Wildman–Crippen LogP) is 7.35. The second kappa shape index (κ2) is 12.0. The van der Waals surface area contributed by atoms with Gasteiger partial charge in [0.05, 0.1) is 29.4 Å². The van der Waals surface area contributed by atoms with Gasteiger partial charge in [-0.2, -0.15) is 14.0 Å². The van der Waals surface area contributed by atoms with Crippen molar-refractivity contribution >= 4 is 5.97 Å². The van der Waals surface area contributed by atoms with Crippen molar-refractivity contribution < 1.29 is 31.8 Å². The second-order valence-electron chi connectivity index (χ2n) is 7.83. The van der Waals surface area contributed by atoms with Crippen LogP contribution in [0.2, 0.25) is 0 Å². The number of ether oxygens (including phenoxy) is 2. The van der Waals surface area contributed by atoms with Crippen LogP contribution in [0.3, 0.4) is 0 Å². The molecule has 0 N–H and O–H groups in total. The van der Waals surface area contributed by atoms with Gasteiger partial charge in [-0.1, -0.05) is 44.7 Å². The summed E-state index contributed by atoms with van der Waals surface area (Å²) in [6.07, 6.45) is 4.27. The Morgan fingerprint density at radius 2 is 1.43 bits per heavy atom. The standard InChI is InChI=1S/C27H23F4NO3/c1-2-3-4-5-6-15-34-26-24(30)22(28)21(23(29)25(26)31)18-9-11-19(12-10-18)27(33)35-20-13-7-17(16-32)8-14-20/h7-14H,2-6,15H2,1H3. The Morgan fingerprint density at radius 1 is 0.829 bits per heavy atom. The normalized spacial score (nSPS) is 10.6. The molecule has 0 aromatic heterocycles. The molecule has 0 unspecified atom stereocenters. The molecule has 0 saturated carbocycles. The van der Waals surface area contributed by atoms with Crippen molar-refractivity contribution in [2.75, 3.05) is 6.61 Å². The van der Waals surface area contributed by atoms with Crippen LogP contribution in [0.25, 0.3) is 11.1 Å². The summed E-state index contributed by atoms with van der Waals surface area (Å²) in [4.78, 5) is 12.3. The van der Waals surface area contributed by atoms with Gasteiger partial charge in [0.15, 0.2) is 17.4 Å². The van der Waals surface area contributed by atoms with Crippen molar-refractivity contribution in [2.45, 2.75) is 39.0 Å². The Bertz CT molecular complexity index is 1190. The maximum atomic E-state index is 14.7. The lowest BCUT2D eigenvalue weighted by Crippen LogP contribution is -2.09. The zero-order valence-corrected chi connectivity index (χ0v) is 19.0. The van der Waals surface area contributed by atoms with Crippen LogP contribution < -0.4 is 9.47 Å². The molecule has 35 heavy (non-hydrogen) atoms. The minimum absolute atomic E-state index is 0.0443.